The third-order valence-electron chi connectivity index (χ3n) is 3.22. The summed E-state index contributed by atoms with van der Waals surface area (Å²) in [4.78, 5) is 7.69. The first-order valence-electron chi connectivity index (χ1n) is 5.97. The fourth-order valence-electron chi connectivity index (χ4n) is 1.05. The normalized spacial score (nSPS) is 12.6. The first-order chi connectivity index (χ1) is 8.22. The van der Waals surface area contributed by atoms with E-state index >= 15 is 0 Å². The van der Waals surface area contributed by atoms with Crippen LogP contribution in [0.5, 0.6) is 5.75 Å². The number of aromatic nitrogens is 2. The summed E-state index contributed by atoms with van der Waals surface area (Å²) in [6.45, 7) is 12.2. The van der Waals surface area contributed by atoms with Gasteiger partial charge in [0.05, 0.1) is 19.0 Å². The van der Waals surface area contributed by atoms with Crippen molar-refractivity contribution >= 4 is 19.9 Å². The van der Waals surface area contributed by atoms with Crippen LogP contribution in [-0.2, 0) is 4.43 Å². The third kappa shape index (κ3) is 4.55. The maximum Gasteiger partial charge on any atom is 0.222 e. The Hall–Kier alpha value is -0.653. The molecule has 0 fully saturated rings. The number of nitrogens with zero attached hydrogens (tertiary/aromatic N) is 2. The number of halogens is 1. The Balaban J connectivity index is 2.33. The van der Waals surface area contributed by atoms with Gasteiger partial charge in [0.2, 0.25) is 5.28 Å². The number of hydrogen-bond donors (Lipinski definition) is 0. The standard InChI is InChI=1S/C12H21ClN2O2Si/c1-12(2,3)18(4,5)17-7-6-16-10-8-14-11(13)15-9-10/h8-9H,6-7H2,1-5H3. The molecule has 0 unspecified atom stereocenters. The number of ether oxygens (including phenoxy) is 1. The van der Waals surface area contributed by atoms with Crippen LogP contribution in [0.2, 0.25) is 23.4 Å². The lowest BCUT2D eigenvalue weighted by molar-refractivity contribution is 0.202. The molecule has 0 saturated heterocycles. The molecule has 1 aromatic heterocycles. The van der Waals surface area contributed by atoms with Gasteiger partial charge in [0.15, 0.2) is 14.1 Å². The van der Waals surface area contributed by atoms with Crippen molar-refractivity contribution in [2.75, 3.05) is 13.2 Å². The van der Waals surface area contributed by atoms with Crippen molar-refractivity contribution in [3.05, 3.63) is 17.7 Å². The SMILES string of the molecule is CC(C)(C)[Si](C)(C)OCCOc1cnc(Cl)nc1. The molecular weight excluding hydrogens is 268 g/mol. The number of hydrogen-bond acceptors (Lipinski definition) is 4. The van der Waals surface area contributed by atoms with E-state index in [1.54, 1.807) is 12.4 Å². The molecule has 1 rings (SSSR count). The van der Waals surface area contributed by atoms with Crippen LogP contribution in [0.15, 0.2) is 12.4 Å². The van der Waals surface area contributed by atoms with Crippen molar-refractivity contribution in [3.63, 3.8) is 0 Å². The predicted molar refractivity (Wildman–Crippen MR) is 75.7 cm³/mol. The van der Waals surface area contributed by atoms with Crippen LogP contribution in [0, 0.1) is 0 Å². The molecule has 0 saturated carbocycles. The summed E-state index contributed by atoms with van der Waals surface area (Å²) in [5, 5.41) is 0.441. The monoisotopic (exact) mass is 288 g/mol. The van der Waals surface area contributed by atoms with Gasteiger partial charge in [-0.15, -0.1) is 0 Å². The molecule has 0 atom stereocenters. The molecule has 0 aromatic carbocycles. The van der Waals surface area contributed by atoms with Crippen molar-refractivity contribution in [3.8, 4) is 5.75 Å². The Morgan fingerprint density at radius 1 is 1.17 bits per heavy atom. The molecule has 1 heterocycles. The van der Waals surface area contributed by atoms with E-state index in [9.17, 15) is 0 Å². The molecule has 4 nitrogen and oxygen atoms in total. The highest BCUT2D eigenvalue weighted by atomic mass is 35.5. The van der Waals surface area contributed by atoms with Gasteiger partial charge in [0, 0.05) is 0 Å². The van der Waals surface area contributed by atoms with E-state index in [1.165, 1.54) is 0 Å². The molecule has 18 heavy (non-hydrogen) atoms. The molecule has 1 aromatic rings. The van der Waals surface area contributed by atoms with E-state index in [4.69, 9.17) is 20.8 Å². The van der Waals surface area contributed by atoms with E-state index < -0.39 is 8.32 Å². The Kier molecular flexibility index (Phi) is 5.13. The molecule has 0 radical (unpaired) electrons. The van der Waals surface area contributed by atoms with E-state index in [2.05, 4.69) is 43.8 Å². The summed E-state index contributed by atoms with van der Waals surface area (Å²) in [5.41, 5.74) is 0. The van der Waals surface area contributed by atoms with Gasteiger partial charge in [-0.3, -0.25) is 0 Å². The van der Waals surface area contributed by atoms with Gasteiger partial charge < -0.3 is 9.16 Å². The van der Waals surface area contributed by atoms with Crippen LogP contribution in [0.1, 0.15) is 20.8 Å². The highest BCUT2D eigenvalue weighted by Crippen LogP contribution is 2.36. The summed E-state index contributed by atoms with van der Waals surface area (Å²) in [7, 11) is -1.68. The second-order valence-electron chi connectivity index (χ2n) is 5.65. The quantitative estimate of drug-likeness (QED) is 0.472. The van der Waals surface area contributed by atoms with Crippen molar-refractivity contribution < 1.29 is 9.16 Å². The Morgan fingerprint density at radius 3 is 2.22 bits per heavy atom. The molecule has 0 N–H and O–H groups in total. The minimum Gasteiger partial charge on any atom is -0.488 e. The van der Waals surface area contributed by atoms with E-state index in [-0.39, 0.29) is 10.3 Å². The largest absolute Gasteiger partial charge is 0.488 e. The van der Waals surface area contributed by atoms with Crippen LogP contribution < -0.4 is 4.74 Å². The molecule has 0 aliphatic heterocycles. The minimum atomic E-state index is -1.68. The second kappa shape index (κ2) is 5.99. The van der Waals surface area contributed by atoms with Crippen LogP contribution in [0.3, 0.4) is 0 Å². The van der Waals surface area contributed by atoms with Gasteiger partial charge in [0.25, 0.3) is 0 Å². The average Bonchev–Trinajstić information content (AvgIpc) is 2.25. The molecule has 0 spiro atoms. The zero-order valence-corrected chi connectivity index (χ0v) is 13.4. The van der Waals surface area contributed by atoms with Gasteiger partial charge in [-0.1, -0.05) is 20.8 Å². The van der Waals surface area contributed by atoms with Crippen LogP contribution in [0.4, 0.5) is 0 Å². The third-order valence-corrected chi connectivity index (χ3v) is 7.95. The Morgan fingerprint density at radius 2 is 1.72 bits per heavy atom. The minimum absolute atomic E-state index is 0.219. The van der Waals surface area contributed by atoms with Crippen LogP contribution >= 0.6 is 11.6 Å². The van der Waals surface area contributed by atoms with Crippen LogP contribution in [0.25, 0.3) is 0 Å². The molecular formula is C12H21ClN2O2Si. The highest BCUT2D eigenvalue weighted by molar-refractivity contribution is 6.74. The van der Waals surface area contributed by atoms with E-state index in [0.717, 1.165) is 0 Å². The second-order valence-corrected chi connectivity index (χ2v) is 10.8. The van der Waals surface area contributed by atoms with E-state index in [1.807, 2.05) is 0 Å². The first-order valence-corrected chi connectivity index (χ1v) is 9.25. The van der Waals surface area contributed by atoms with Crippen molar-refractivity contribution in [1.82, 2.24) is 9.97 Å². The highest BCUT2D eigenvalue weighted by Gasteiger charge is 2.36. The lowest BCUT2D eigenvalue weighted by Gasteiger charge is -2.36. The fourth-order valence-corrected chi connectivity index (χ4v) is 2.17. The lowest BCUT2D eigenvalue weighted by Crippen LogP contribution is -2.41. The summed E-state index contributed by atoms with van der Waals surface area (Å²) in [6, 6.07) is 0. The molecule has 6 heteroatoms. The van der Waals surface area contributed by atoms with Crippen molar-refractivity contribution in [1.29, 1.82) is 0 Å². The van der Waals surface area contributed by atoms with E-state index in [0.29, 0.717) is 19.0 Å². The van der Waals surface area contributed by atoms with Gasteiger partial charge in [-0.2, -0.15) is 0 Å². The molecule has 0 aliphatic rings. The zero-order chi connectivity index (χ0) is 13.8. The predicted octanol–water partition coefficient (Wildman–Crippen LogP) is 3.53. The van der Waals surface area contributed by atoms with Crippen molar-refractivity contribution in [2.45, 2.75) is 38.9 Å². The van der Waals surface area contributed by atoms with Gasteiger partial charge in [-0.25, -0.2) is 9.97 Å². The maximum atomic E-state index is 5.99. The average molecular weight is 289 g/mol. The fraction of sp³-hybridized carbons (Fsp3) is 0.667. The molecule has 102 valence electrons. The molecule has 0 aliphatic carbocycles. The summed E-state index contributed by atoms with van der Waals surface area (Å²) < 4.78 is 11.5. The molecule has 0 bridgehead atoms. The Bertz CT molecular complexity index is 377. The van der Waals surface area contributed by atoms with Gasteiger partial charge in [-0.05, 0) is 29.7 Å². The van der Waals surface area contributed by atoms with Crippen molar-refractivity contribution in [2.24, 2.45) is 0 Å². The smallest absolute Gasteiger partial charge is 0.222 e. The molecule has 0 amide bonds. The summed E-state index contributed by atoms with van der Waals surface area (Å²) in [6.07, 6.45) is 3.11. The summed E-state index contributed by atoms with van der Waals surface area (Å²) in [5.74, 6) is 0.609. The van der Waals surface area contributed by atoms with Gasteiger partial charge >= 0.3 is 0 Å². The number of rotatable bonds is 5. The maximum absolute atomic E-state index is 5.99. The van der Waals surface area contributed by atoms with Gasteiger partial charge in [0.1, 0.15) is 6.61 Å². The first kappa shape index (κ1) is 15.4. The van der Waals surface area contributed by atoms with Crippen LogP contribution in [-0.4, -0.2) is 31.5 Å². The topological polar surface area (TPSA) is 44.2 Å². The zero-order valence-electron chi connectivity index (χ0n) is 11.7. The Labute approximate surface area is 115 Å². The summed E-state index contributed by atoms with van der Waals surface area (Å²) >= 11 is 5.59. The lowest BCUT2D eigenvalue weighted by atomic mass is 10.2.